The average molecular weight is 326 g/mol. The lowest BCUT2D eigenvalue weighted by Gasteiger charge is -2.41. The quantitative estimate of drug-likeness (QED) is 0.269. The van der Waals surface area contributed by atoms with Crippen LogP contribution in [0.3, 0.4) is 0 Å². The smallest absolute Gasteiger partial charge is 0.189 e. The van der Waals surface area contributed by atoms with E-state index in [1.165, 1.54) is 6.92 Å². The van der Waals surface area contributed by atoms with Crippen molar-refractivity contribution in [2.45, 2.75) is 68.3 Å². The summed E-state index contributed by atoms with van der Waals surface area (Å²) >= 11 is 0. The van der Waals surface area contributed by atoms with E-state index in [1.54, 1.807) is 0 Å². The summed E-state index contributed by atoms with van der Waals surface area (Å²) in [6.45, 7) is 1.16. The standard InChI is InChI=1S/C12H22O10/c1-3-5(13)7(15)6(14)4(21-3)2-20-12-10(18)8(16)9(17)11(19)22-12/h3-19H,2H2,1H3/t3-,4-,5-,6-,7+,8+,9+,10-,11+,12-/m0/s1. The van der Waals surface area contributed by atoms with Gasteiger partial charge in [-0.2, -0.15) is 0 Å². The Kier molecular flexibility index (Phi) is 5.72. The van der Waals surface area contributed by atoms with Crippen molar-refractivity contribution >= 4 is 0 Å². The molecule has 0 aliphatic carbocycles. The van der Waals surface area contributed by atoms with E-state index in [0.29, 0.717) is 0 Å². The molecule has 10 nitrogen and oxygen atoms in total. The maximum absolute atomic E-state index is 9.81. The molecule has 7 N–H and O–H groups in total. The lowest BCUT2D eigenvalue weighted by atomic mass is 9.96. The van der Waals surface area contributed by atoms with Gasteiger partial charge >= 0.3 is 0 Å². The fourth-order valence-corrected chi connectivity index (χ4v) is 2.43. The van der Waals surface area contributed by atoms with E-state index in [2.05, 4.69) is 0 Å². The van der Waals surface area contributed by atoms with Gasteiger partial charge in [-0.15, -0.1) is 0 Å². The molecule has 0 amide bonds. The van der Waals surface area contributed by atoms with Gasteiger partial charge in [-0.05, 0) is 6.92 Å². The number of aliphatic hydroxyl groups excluding tert-OH is 7. The van der Waals surface area contributed by atoms with Crippen LogP contribution in [-0.2, 0) is 14.2 Å². The zero-order valence-electron chi connectivity index (χ0n) is 11.8. The van der Waals surface area contributed by atoms with Crippen LogP contribution in [0.1, 0.15) is 6.92 Å². The largest absolute Gasteiger partial charge is 0.388 e. The second kappa shape index (κ2) is 7.01. The number of aliphatic hydroxyl groups is 7. The first-order valence-electron chi connectivity index (χ1n) is 6.93. The van der Waals surface area contributed by atoms with E-state index in [0.717, 1.165) is 0 Å². The van der Waals surface area contributed by atoms with Gasteiger partial charge in [0, 0.05) is 0 Å². The van der Waals surface area contributed by atoms with Crippen LogP contribution in [0.2, 0.25) is 0 Å². The average Bonchev–Trinajstić information content (AvgIpc) is 2.49. The normalized spacial score (nSPS) is 53.5. The van der Waals surface area contributed by atoms with Gasteiger partial charge in [0.15, 0.2) is 12.6 Å². The summed E-state index contributed by atoms with van der Waals surface area (Å²) in [7, 11) is 0. The van der Waals surface area contributed by atoms with Crippen molar-refractivity contribution in [3.8, 4) is 0 Å². The van der Waals surface area contributed by atoms with Crippen molar-refractivity contribution < 1.29 is 50.0 Å². The summed E-state index contributed by atoms with van der Waals surface area (Å²) in [6, 6.07) is 0. The first kappa shape index (κ1) is 17.9. The predicted octanol–water partition coefficient (Wildman–Crippen LogP) is -4.37. The van der Waals surface area contributed by atoms with Crippen LogP contribution in [0.15, 0.2) is 0 Å². The first-order chi connectivity index (χ1) is 10.2. The van der Waals surface area contributed by atoms with Gasteiger partial charge in [0.25, 0.3) is 0 Å². The zero-order valence-corrected chi connectivity index (χ0v) is 11.8. The van der Waals surface area contributed by atoms with E-state index in [9.17, 15) is 35.7 Å². The molecule has 0 radical (unpaired) electrons. The molecule has 0 aromatic rings. The number of hydrogen-bond donors (Lipinski definition) is 7. The molecule has 130 valence electrons. The Hall–Kier alpha value is -0.400. The van der Waals surface area contributed by atoms with Crippen LogP contribution in [0.25, 0.3) is 0 Å². The molecule has 2 heterocycles. The second-order valence-corrected chi connectivity index (χ2v) is 5.55. The molecule has 2 aliphatic rings. The molecule has 0 aromatic carbocycles. The Morgan fingerprint density at radius 3 is 1.95 bits per heavy atom. The fraction of sp³-hybridized carbons (Fsp3) is 1.00. The monoisotopic (exact) mass is 326 g/mol. The van der Waals surface area contributed by atoms with Crippen molar-refractivity contribution in [1.82, 2.24) is 0 Å². The number of hydrogen-bond acceptors (Lipinski definition) is 10. The van der Waals surface area contributed by atoms with Gasteiger partial charge < -0.3 is 50.0 Å². The van der Waals surface area contributed by atoms with E-state index in [-0.39, 0.29) is 6.61 Å². The predicted molar refractivity (Wildman–Crippen MR) is 67.2 cm³/mol. The molecule has 10 atom stereocenters. The van der Waals surface area contributed by atoms with Crippen molar-refractivity contribution in [3.05, 3.63) is 0 Å². The Balaban J connectivity index is 1.92. The van der Waals surface area contributed by atoms with Crippen LogP contribution in [0, 0.1) is 0 Å². The summed E-state index contributed by atoms with van der Waals surface area (Å²) in [5, 5.41) is 67.0. The molecule has 2 rings (SSSR count). The highest BCUT2D eigenvalue weighted by Gasteiger charge is 2.46. The van der Waals surface area contributed by atoms with Gasteiger partial charge in [-0.3, -0.25) is 0 Å². The minimum atomic E-state index is -1.74. The third kappa shape index (κ3) is 3.41. The maximum Gasteiger partial charge on any atom is 0.189 e. The van der Waals surface area contributed by atoms with Crippen LogP contribution in [0.4, 0.5) is 0 Å². The third-order valence-electron chi connectivity index (χ3n) is 3.92. The molecule has 22 heavy (non-hydrogen) atoms. The third-order valence-corrected chi connectivity index (χ3v) is 3.92. The molecule has 0 bridgehead atoms. The van der Waals surface area contributed by atoms with Crippen LogP contribution in [-0.4, -0.2) is 104 Å². The molecule has 2 saturated heterocycles. The van der Waals surface area contributed by atoms with Crippen molar-refractivity contribution in [2.75, 3.05) is 6.61 Å². The van der Waals surface area contributed by atoms with Gasteiger partial charge in [0.1, 0.15) is 42.7 Å². The number of rotatable bonds is 3. The Labute approximate surface area is 126 Å². The van der Waals surface area contributed by atoms with Gasteiger partial charge in [-0.25, -0.2) is 0 Å². The van der Waals surface area contributed by atoms with Crippen molar-refractivity contribution in [3.63, 3.8) is 0 Å². The number of ether oxygens (including phenoxy) is 3. The van der Waals surface area contributed by atoms with Gasteiger partial charge in [0.2, 0.25) is 0 Å². The lowest BCUT2D eigenvalue weighted by Crippen LogP contribution is -2.60. The van der Waals surface area contributed by atoms with E-state index < -0.39 is 61.4 Å². The van der Waals surface area contributed by atoms with Crippen LogP contribution in [0.5, 0.6) is 0 Å². The van der Waals surface area contributed by atoms with E-state index >= 15 is 0 Å². The molecule has 0 unspecified atom stereocenters. The lowest BCUT2D eigenvalue weighted by molar-refractivity contribution is -0.347. The summed E-state index contributed by atoms with van der Waals surface area (Å²) in [5.74, 6) is 0. The summed E-state index contributed by atoms with van der Waals surface area (Å²) < 4.78 is 15.2. The minimum absolute atomic E-state index is 0.341. The highest BCUT2D eigenvalue weighted by atomic mass is 16.7. The maximum atomic E-state index is 9.81. The Morgan fingerprint density at radius 1 is 0.727 bits per heavy atom. The molecule has 2 fully saturated rings. The molecule has 0 spiro atoms. The highest BCUT2D eigenvalue weighted by Crippen LogP contribution is 2.24. The molecule has 0 saturated carbocycles. The van der Waals surface area contributed by atoms with Gasteiger partial charge in [-0.1, -0.05) is 0 Å². The fourth-order valence-electron chi connectivity index (χ4n) is 2.43. The molecular weight excluding hydrogens is 304 g/mol. The highest BCUT2D eigenvalue weighted by molar-refractivity contribution is 4.91. The topological polar surface area (TPSA) is 169 Å². The molecule has 0 aromatic heterocycles. The van der Waals surface area contributed by atoms with Gasteiger partial charge in [0.05, 0.1) is 12.7 Å². The molecule has 2 aliphatic heterocycles. The summed E-state index contributed by atoms with van der Waals surface area (Å²) in [6.07, 6.45) is -14.0. The minimum Gasteiger partial charge on any atom is -0.388 e. The zero-order chi connectivity index (χ0) is 16.6. The second-order valence-electron chi connectivity index (χ2n) is 5.55. The Bertz CT molecular complexity index is 334. The van der Waals surface area contributed by atoms with Crippen LogP contribution < -0.4 is 0 Å². The summed E-state index contributed by atoms with van der Waals surface area (Å²) in [4.78, 5) is 0. The Morgan fingerprint density at radius 2 is 1.32 bits per heavy atom. The van der Waals surface area contributed by atoms with E-state index in [4.69, 9.17) is 14.2 Å². The van der Waals surface area contributed by atoms with Crippen LogP contribution >= 0.6 is 0 Å². The van der Waals surface area contributed by atoms with Crippen molar-refractivity contribution in [1.29, 1.82) is 0 Å². The summed E-state index contributed by atoms with van der Waals surface area (Å²) in [5.41, 5.74) is 0. The molecular formula is C12H22O10. The first-order valence-corrected chi connectivity index (χ1v) is 6.93. The molecule has 10 heteroatoms. The SMILES string of the molecule is C[C@@H]1O[C@@H](CO[C@H]2O[C@@H](O)[C@H](O)[C@@H](O)[C@@H]2O)[C@H](O)[C@H](O)[C@H]1O. The van der Waals surface area contributed by atoms with Crippen molar-refractivity contribution in [2.24, 2.45) is 0 Å². The van der Waals surface area contributed by atoms with E-state index in [1.807, 2.05) is 0 Å².